The lowest BCUT2D eigenvalue weighted by Crippen LogP contribution is -2.17. The fraction of sp³-hybridized carbons (Fsp3) is 0.875. The monoisotopic (exact) mass is 203 g/mol. The zero-order chi connectivity index (χ0) is 10.5. The van der Waals surface area contributed by atoms with Gasteiger partial charge in [0.15, 0.2) is 0 Å². The molecule has 0 aromatic rings. The molecule has 0 spiro atoms. The first-order valence-corrected chi connectivity index (χ1v) is 4.01. The van der Waals surface area contributed by atoms with Crippen molar-refractivity contribution in [1.82, 2.24) is 0 Å². The van der Waals surface area contributed by atoms with Gasteiger partial charge in [0.05, 0.1) is 0 Å². The van der Waals surface area contributed by atoms with Crippen LogP contribution in [0, 0.1) is 6.92 Å². The third-order valence-electron chi connectivity index (χ3n) is 1.55. The van der Waals surface area contributed by atoms with E-state index in [1.54, 1.807) is 0 Å². The molecule has 0 rings (SSSR count). The highest BCUT2D eigenvalue weighted by molar-refractivity contribution is 4.67. The average Bonchev–Trinajstić information content (AvgIpc) is 1.82. The van der Waals surface area contributed by atoms with Gasteiger partial charge in [0.2, 0.25) is 5.92 Å². The summed E-state index contributed by atoms with van der Waals surface area (Å²) in [5.41, 5.74) is 0. The third kappa shape index (κ3) is 7.99. The van der Waals surface area contributed by atoms with Crippen molar-refractivity contribution in [3.8, 4) is 0 Å². The van der Waals surface area contributed by atoms with Gasteiger partial charge in [0.25, 0.3) is 0 Å². The molecule has 0 unspecified atom stereocenters. The van der Waals surface area contributed by atoms with E-state index in [-0.39, 0.29) is 6.42 Å². The lowest BCUT2D eigenvalue weighted by molar-refractivity contribution is -0.139. The molecule has 0 aromatic carbocycles. The molecule has 0 saturated heterocycles. The number of alkyl halides is 5. The van der Waals surface area contributed by atoms with E-state index >= 15 is 0 Å². The number of halogens is 5. The Morgan fingerprint density at radius 3 is 1.77 bits per heavy atom. The standard InChI is InChI=1S/C8H12F5/c1-2-4-7(9,10)5-3-6-8(11,12)13/h1-6H2. The molecule has 0 heterocycles. The van der Waals surface area contributed by atoms with E-state index in [9.17, 15) is 22.0 Å². The van der Waals surface area contributed by atoms with Gasteiger partial charge in [-0.1, -0.05) is 6.92 Å². The molecule has 0 bridgehead atoms. The Labute approximate surface area is 74.1 Å². The Kier molecular flexibility index (Phi) is 4.64. The van der Waals surface area contributed by atoms with E-state index in [4.69, 9.17) is 0 Å². The molecular weight excluding hydrogens is 191 g/mol. The summed E-state index contributed by atoms with van der Waals surface area (Å²) in [4.78, 5) is 0. The van der Waals surface area contributed by atoms with Crippen molar-refractivity contribution >= 4 is 0 Å². The summed E-state index contributed by atoms with van der Waals surface area (Å²) in [6.07, 6.45) is -7.09. The second-order valence-corrected chi connectivity index (χ2v) is 2.93. The summed E-state index contributed by atoms with van der Waals surface area (Å²) < 4.78 is 59.9. The van der Waals surface area contributed by atoms with Crippen molar-refractivity contribution in [2.75, 3.05) is 0 Å². The Hall–Kier alpha value is -0.350. The summed E-state index contributed by atoms with van der Waals surface area (Å²) in [6, 6.07) is 0. The molecule has 0 N–H and O–H groups in total. The first kappa shape index (κ1) is 12.7. The van der Waals surface area contributed by atoms with Gasteiger partial charge in [-0.05, 0) is 12.8 Å². The van der Waals surface area contributed by atoms with E-state index in [0.717, 1.165) is 0 Å². The van der Waals surface area contributed by atoms with Crippen LogP contribution in [0.5, 0.6) is 0 Å². The predicted octanol–water partition coefficient (Wildman–Crippen LogP) is 3.97. The van der Waals surface area contributed by atoms with Crippen LogP contribution in [0.4, 0.5) is 22.0 Å². The van der Waals surface area contributed by atoms with Gasteiger partial charge in [0.1, 0.15) is 0 Å². The van der Waals surface area contributed by atoms with Crippen LogP contribution in [0.1, 0.15) is 32.1 Å². The second kappa shape index (κ2) is 4.77. The van der Waals surface area contributed by atoms with E-state index in [2.05, 4.69) is 6.92 Å². The molecule has 1 radical (unpaired) electrons. The highest BCUT2D eigenvalue weighted by Gasteiger charge is 2.31. The fourth-order valence-electron chi connectivity index (χ4n) is 0.931. The molecule has 79 valence electrons. The van der Waals surface area contributed by atoms with Crippen molar-refractivity contribution in [2.45, 2.75) is 44.2 Å². The maximum atomic E-state index is 12.6. The van der Waals surface area contributed by atoms with Crippen molar-refractivity contribution in [3.63, 3.8) is 0 Å². The van der Waals surface area contributed by atoms with Crippen LogP contribution < -0.4 is 0 Å². The molecule has 0 aliphatic carbocycles. The minimum atomic E-state index is -4.33. The molecule has 0 amide bonds. The SMILES string of the molecule is [CH2]CCC(F)(F)CCCC(F)(F)F. The molecular formula is C8H12F5. The topological polar surface area (TPSA) is 0 Å². The first-order valence-electron chi connectivity index (χ1n) is 4.01. The molecule has 13 heavy (non-hydrogen) atoms. The number of rotatable bonds is 5. The van der Waals surface area contributed by atoms with Gasteiger partial charge in [-0.25, -0.2) is 8.78 Å². The van der Waals surface area contributed by atoms with Gasteiger partial charge >= 0.3 is 6.18 Å². The third-order valence-corrected chi connectivity index (χ3v) is 1.55. The summed E-state index contributed by atoms with van der Waals surface area (Å²) in [5.74, 6) is -2.99. The summed E-state index contributed by atoms with van der Waals surface area (Å²) in [6.45, 7) is 3.23. The summed E-state index contributed by atoms with van der Waals surface area (Å²) in [7, 11) is 0. The lowest BCUT2D eigenvalue weighted by Gasteiger charge is -2.15. The van der Waals surface area contributed by atoms with Crippen LogP contribution in [0.25, 0.3) is 0 Å². The molecule has 0 saturated carbocycles. The normalized spacial score (nSPS) is 13.4. The lowest BCUT2D eigenvalue weighted by atomic mass is 10.1. The maximum Gasteiger partial charge on any atom is 0.389 e. The maximum absolute atomic E-state index is 12.6. The minimum Gasteiger partial charge on any atom is -0.207 e. The Morgan fingerprint density at radius 1 is 0.846 bits per heavy atom. The van der Waals surface area contributed by atoms with Gasteiger partial charge in [-0.15, -0.1) is 0 Å². The molecule has 0 atom stereocenters. The Bertz CT molecular complexity index is 138. The van der Waals surface area contributed by atoms with Crippen LogP contribution in [-0.2, 0) is 0 Å². The van der Waals surface area contributed by atoms with Crippen LogP contribution in [0.3, 0.4) is 0 Å². The van der Waals surface area contributed by atoms with Gasteiger partial charge in [0, 0.05) is 19.3 Å². The van der Waals surface area contributed by atoms with Crippen LogP contribution in [-0.4, -0.2) is 12.1 Å². The smallest absolute Gasteiger partial charge is 0.207 e. The second-order valence-electron chi connectivity index (χ2n) is 2.93. The number of hydrogen-bond acceptors (Lipinski definition) is 0. The van der Waals surface area contributed by atoms with Crippen molar-refractivity contribution in [2.24, 2.45) is 0 Å². The highest BCUT2D eigenvalue weighted by atomic mass is 19.4. The quantitative estimate of drug-likeness (QED) is 0.593. The average molecular weight is 203 g/mol. The largest absolute Gasteiger partial charge is 0.389 e. The van der Waals surface area contributed by atoms with Crippen LogP contribution in [0.2, 0.25) is 0 Å². The molecule has 0 aliphatic heterocycles. The fourth-order valence-corrected chi connectivity index (χ4v) is 0.931. The van der Waals surface area contributed by atoms with E-state index in [0.29, 0.717) is 0 Å². The van der Waals surface area contributed by atoms with E-state index in [1.807, 2.05) is 0 Å². The van der Waals surface area contributed by atoms with Crippen LogP contribution in [0.15, 0.2) is 0 Å². The van der Waals surface area contributed by atoms with Crippen molar-refractivity contribution < 1.29 is 22.0 Å². The van der Waals surface area contributed by atoms with Crippen LogP contribution >= 0.6 is 0 Å². The van der Waals surface area contributed by atoms with Gasteiger partial charge in [-0.2, -0.15) is 13.2 Å². The zero-order valence-corrected chi connectivity index (χ0v) is 7.13. The van der Waals surface area contributed by atoms with E-state index < -0.39 is 37.8 Å². The first-order chi connectivity index (χ1) is 5.77. The highest BCUT2D eigenvalue weighted by Crippen LogP contribution is 2.30. The molecule has 5 heteroatoms. The van der Waals surface area contributed by atoms with E-state index in [1.165, 1.54) is 0 Å². The summed E-state index contributed by atoms with van der Waals surface area (Å²) in [5, 5.41) is 0. The molecule has 0 aromatic heterocycles. The molecule has 0 nitrogen and oxygen atoms in total. The predicted molar refractivity (Wildman–Crippen MR) is 39.4 cm³/mol. The Morgan fingerprint density at radius 2 is 1.38 bits per heavy atom. The molecule has 0 aliphatic rings. The van der Waals surface area contributed by atoms with Crippen molar-refractivity contribution in [3.05, 3.63) is 6.92 Å². The number of hydrogen-bond donors (Lipinski definition) is 0. The Balaban J connectivity index is 3.63. The molecule has 0 fully saturated rings. The minimum absolute atomic E-state index is 0.0407. The summed E-state index contributed by atoms with van der Waals surface area (Å²) >= 11 is 0. The zero-order valence-electron chi connectivity index (χ0n) is 7.13. The van der Waals surface area contributed by atoms with Gasteiger partial charge < -0.3 is 0 Å². The van der Waals surface area contributed by atoms with Gasteiger partial charge in [-0.3, -0.25) is 0 Å². The van der Waals surface area contributed by atoms with Crippen molar-refractivity contribution in [1.29, 1.82) is 0 Å².